The highest BCUT2D eigenvalue weighted by Crippen LogP contribution is 2.37. The lowest BCUT2D eigenvalue weighted by molar-refractivity contribution is 0.0490. The number of aromatic nitrogens is 3. The predicted octanol–water partition coefficient (Wildman–Crippen LogP) is 8.51. The number of hydrogen-bond donors (Lipinski definition) is 3. The average molecular weight is 730 g/mol. The van der Waals surface area contributed by atoms with Gasteiger partial charge in [0, 0.05) is 17.6 Å². The Kier molecular flexibility index (Phi) is 12.0. The molecular weight excluding hydrogens is 678 g/mol. The van der Waals surface area contributed by atoms with Gasteiger partial charge in [-0.1, -0.05) is 30.3 Å². The van der Waals surface area contributed by atoms with Crippen molar-refractivity contribution in [1.82, 2.24) is 19.9 Å². The molecule has 1 aliphatic carbocycles. The van der Waals surface area contributed by atoms with Crippen LogP contribution in [0.25, 0.3) is 5.65 Å². The summed E-state index contributed by atoms with van der Waals surface area (Å²) in [7, 11) is 0. The Bertz CT molecular complexity index is 1870. The molecule has 0 radical (unpaired) electrons. The molecule has 3 amide bonds. The molecule has 2 heterocycles. The Labute approximate surface area is 310 Å². The number of fused-ring (bicyclic) bond motifs is 1. The first-order valence-corrected chi connectivity index (χ1v) is 18.0. The van der Waals surface area contributed by atoms with Crippen LogP contribution in [0.2, 0.25) is 0 Å². The van der Waals surface area contributed by atoms with Crippen LogP contribution in [0.15, 0.2) is 60.8 Å². The van der Waals surface area contributed by atoms with Crippen LogP contribution < -0.4 is 25.6 Å². The van der Waals surface area contributed by atoms with Crippen molar-refractivity contribution in [3.05, 3.63) is 71.9 Å². The minimum absolute atomic E-state index is 0.00353. The molecule has 1 fully saturated rings. The standard InChI is InChI=1S/C39H51N7O7/c1-9-50-30-21-19-29(20-22-30)45(37(49)53-39(6,7)8)34-25(2)32(41-27-15-17-28(18-16-27)42-36(48)52-38(3,4)5)44-33-31(23-40-46(33)34)43-35(47)51-24-26-13-11-10-12-14-26/h10-14,19-23,27-28H,9,15-18,24H2,1-8H3,(H,41,44)(H,42,48)(H,43,47). The molecule has 0 aliphatic heterocycles. The lowest BCUT2D eigenvalue weighted by atomic mass is 9.91. The lowest BCUT2D eigenvalue weighted by Crippen LogP contribution is -2.42. The van der Waals surface area contributed by atoms with Crippen LogP contribution in [0, 0.1) is 6.92 Å². The monoisotopic (exact) mass is 729 g/mol. The number of carbonyl (C=O) groups is 3. The van der Waals surface area contributed by atoms with Crippen molar-refractivity contribution in [3.63, 3.8) is 0 Å². The number of hydrogen-bond acceptors (Lipinski definition) is 10. The van der Waals surface area contributed by atoms with Gasteiger partial charge in [-0.25, -0.2) is 24.3 Å². The van der Waals surface area contributed by atoms with Crippen LogP contribution in [-0.4, -0.2) is 62.8 Å². The minimum atomic E-state index is -0.812. The largest absolute Gasteiger partial charge is 0.494 e. The third kappa shape index (κ3) is 10.5. The molecule has 1 saturated carbocycles. The van der Waals surface area contributed by atoms with E-state index in [1.54, 1.807) is 45.0 Å². The first kappa shape index (κ1) is 38.7. The average Bonchev–Trinajstić information content (AvgIpc) is 3.47. The van der Waals surface area contributed by atoms with E-state index in [2.05, 4.69) is 21.0 Å². The van der Waals surface area contributed by atoms with Crippen LogP contribution in [0.4, 0.5) is 37.4 Å². The molecule has 53 heavy (non-hydrogen) atoms. The van der Waals surface area contributed by atoms with Gasteiger partial charge in [0.25, 0.3) is 0 Å². The Morgan fingerprint density at radius 1 is 0.868 bits per heavy atom. The maximum Gasteiger partial charge on any atom is 0.420 e. The molecule has 5 rings (SSSR count). The number of nitrogens with zero attached hydrogens (tertiary/aromatic N) is 4. The lowest BCUT2D eigenvalue weighted by Gasteiger charge is -2.32. The first-order valence-electron chi connectivity index (χ1n) is 18.0. The van der Waals surface area contributed by atoms with Crippen LogP contribution in [-0.2, 0) is 20.8 Å². The normalized spacial score (nSPS) is 16.0. The van der Waals surface area contributed by atoms with E-state index >= 15 is 0 Å². The Morgan fingerprint density at radius 3 is 2.13 bits per heavy atom. The van der Waals surface area contributed by atoms with E-state index < -0.39 is 29.5 Å². The van der Waals surface area contributed by atoms with E-state index in [4.69, 9.17) is 23.9 Å². The molecule has 3 N–H and O–H groups in total. The van der Waals surface area contributed by atoms with Crippen molar-refractivity contribution in [1.29, 1.82) is 0 Å². The fourth-order valence-corrected chi connectivity index (χ4v) is 5.95. The zero-order valence-corrected chi connectivity index (χ0v) is 31.8. The van der Waals surface area contributed by atoms with Gasteiger partial charge in [-0.2, -0.15) is 9.61 Å². The third-order valence-corrected chi connectivity index (χ3v) is 8.28. The highest BCUT2D eigenvalue weighted by atomic mass is 16.6. The number of rotatable bonds is 10. The van der Waals surface area contributed by atoms with E-state index in [0.29, 0.717) is 35.2 Å². The second-order valence-electron chi connectivity index (χ2n) is 15.0. The van der Waals surface area contributed by atoms with Crippen molar-refractivity contribution in [3.8, 4) is 5.75 Å². The van der Waals surface area contributed by atoms with Gasteiger partial charge in [-0.05, 0) is 111 Å². The number of alkyl carbamates (subject to hydrolysis) is 1. The van der Waals surface area contributed by atoms with Gasteiger partial charge in [-0.15, -0.1) is 0 Å². The molecule has 0 saturated heterocycles. The summed E-state index contributed by atoms with van der Waals surface area (Å²) in [5, 5.41) is 14.0. The number of amides is 3. The van der Waals surface area contributed by atoms with Crippen LogP contribution in [0.5, 0.6) is 5.75 Å². The van der Waals surface area contributed by atoms with Crippen LogP contribution in [0.1, 0.15) is 85.3 Å². The second kappa shape index (κ2) is 16.4. The number of anilines is 4. The van der Waals surface area contributed by atoms with Gasteiger partial charge in [0.05, 0.1) is 18.5 Å². The molecule has 14 nitrogen and oxygen atoms in total. The summed E-state index contributed by atoms with van der Waals surface area (Å²) in [5.41, 5.74) is 1.13. The van der Waals surface area contributed by atoms with E-state index in [1.807, 2.05) is 65.0 Å². The number of carbonyl (C=O) groups excluding carboxylic acids is 3. The van der Waals surface area contributed by atoms with E-state index in [1.165, 1.54) is 15.6 Å². The molecule has 2 aromatic heterocycles. The predicted molar refractivity (Wildman–Crippen MR) is 203 cm³/mol. The molecule has 0 spiro atoms. The number of benzene rings is 2. The molecule has 14 heteroatoms. The Morgan fingerprint density at radius 2 is 1.51 bits per heavy atom. The first-order chi connectivity index (χ1) is 25.1. The van der Waals surface area contributed by atoms with Gasteiger partial charge in [-0.3, -0.25) is 5.32 Å². The summed E-state index contributed by atoms with van der Waals surface area (Å²) < 4.78 is 24.1. The highest BCUT2D eigenvalue weighted by Gasteiger charge is 2.32. The molecule has 1 aliphatic rings. The topological polar surface area (TPSA) is 158 Å². The fraction of sp³-hybridized carbons (Fsp3) is 0.462. The zero-order valence-electron chi connectivity index (χ0n) is 31.8. The molecule has 0 atom stereocenters. The van der Waals surface area contributed by atoms with Crippen molar-refractivity contribution < 1.29 is 33.3 Å². The summed E-state index contributed by atoms with van der Waals surface area (Å²) in [4.78, 5) is 46.0. The summed E-state index contributed by atoms with van der Waals surface area (Å²) in [6.07, 6.45) is 2.67. The smallest absolute Gasteiger partial charge is 0.420 e. The summed E-state index contributed by atoms with van der Waals surface area (Å²) in [5.74, 6) is 1.51. The van der Waals surface area contributed by atoms with Crippen molar-refractivity contribution in [2.45, 2.75) is 111 Å². The Balaban J connectivity index is 1.50. The molecule has 0 unspecified atom stereocenters. The van der Waals surface area contributed by atoms with Crippen LogP contribution >= 0.6 is 0 Å². The third-order valence-electron chi connectivity index (χ3n) is 8.28. The van der Waals surface area contributed by atoms with E-state index in [0.717, 1.165) is 31.2 Å². The van der Waals surface area contributed by atoms with Gasteiger partial charge in [0.2, 0.25) is 0 Å². The fourth-order valence-electron chi connectivity index (χ4n) is 5.95. The molecular formula is C39H51N7O7. The molecule has 0 bridgehead atoms. The van der Waals surface area contributed by atoms with E-state index in [-0.39, 0.29) is 30.0 Å². The Hall–Kier alpha value is -5.53. The van der Waals surface area contributed by atoms with Crippen molar-refractivity contribution in [2.24, 2.45) is 0 Å². The van der Waals surface area contributed by atoms with Gasteiger partial charge in [0.15, 0.2) is 11.5 Å². The van der Waals surface area contributed by atoms with Gasteiger partial charge >= 0.3 is 18.3 Å². The summed E-state index contributed by atoms with van der Waals surface area (Å²) in [6, 6.07) is 16.5. The number of ether oxygens (including phenoxy) is 4. The minimum Gasteiger partial charge on any atom is -0.494 e. The molecule has 2 aromatic carbocycles. The van der Waals surface area contributed by atoms with Crippen LogP contribution in [0.3, 0.4) is 0 Å². The molecule has 284 valence electrons. The molecule has 4 aromatic rings. The van der Waals surface area contributed by atoms with Gasteiger partial charge in [0.1, 0.15) is 35.1 Å². The summed E-state index contributed by atoms with van der Waals surface area (Å²) >= 11 is 0. The maximum absolute atomic E-state index is 14.1. The quantitative estimate of drug-likeness (QED) is 0.135. The maximum atomic E-state index is 14.1. The second-order valence-corrected chi connectivity index (χ2v) is 15.0. The van der Waals surface area contributed by atoms with Crippen molar-refractivity contribution in [2.75, 3.05) is 22.1 Å². The van der Waals surface area contributed by atoms with E-state index in [9.17, 15) is 14.4 Å². The SMILES string of the molecule is CCOc1ccc(N(C(=O)OC(C)(C)C)c2c(C)c(NC3CCC(NC(=O)OC(C)(C)C)CC3)nc3c(NC(=O)OCc4ccccc4)cnn23)cc1. The van der Waals surface area contributed by atoms with Crippen molar-refractivity contribution >= 4 is 46.9 Å². The van der Waals surface area contributed by atoms with Gasteiger partial charge < -0.3 is 29.6 Å². The zero-order chi connectivity index (χ0) is 38.3. The number of nitrogens with one attached hydrogen (secondary N) is 3. The summed E-state index contributed by atoms with van der Waals surface area (Å²) in [6.45, 7) is 15.2. The highest BCUT2D eigenvalue weighted by molar-refractivity contribution is 5.98.